The van der Waals surface area contributed by atoms with E-state index in [4.69, 9.17) is 5.73 Å². The standard InChI is InChI=1S/C29H25N11O2/c30-28-22(15-19(35-36-28)18-5-1-2-6-24(18)41)38-14-9-21-23(38)17-39(21)26-8-12-31-25(34-26)7-3-10-33-29(42)20-16-27-32-11-4-13-40(27)37-20/h1-2,4-6,8,11-13,15-16,21,23,41H,9-10,14,17H2,(H2,30,36)(H,33,42)/t21-,23-/m0/s1. The van der Waals surface area contributed by atoms with Gasteiger partial charge in [0, 0.05) is 43.3 Å². The molecule has 2 fully saturated rings. The van der Waals surface area contributed by atoms with Crippen LogP contribution in [0.1, 0.15) is 22.7 Å². The predicted molar refractivity (Wildman–Crippen MR) is 155 cm³/mol. The molecule has 0 unspecified atom stereocenters. The Morgan fingerprint density at radius 3 is 2.86 bits per heavy atom. The summed E-state index contributed by atoms with van der Waals surface area (Å²) in [4.78, 5) is 30.0. The van der Waals surface area contributed by atoms with E-state index in [0.29, 0.717) is 28.5 Å². The summed E-state index contributed by atoms with van der Waals surface area (Å²) in [5, 5.41) is 25.6. The van der Waals surface area contributed by atoms with Gasteiger partial charge in [0.1, 0.15) is 11.6 Å². The molecule has 0 aliphatic carbocycles. The van der Waals surface area contributed by atoms with Gasteiger partial charge < -0.3 is 26.0 Å². The first kappa shape index (κ1) is 25.2. The molecule has 7 rings (SSSR count). The number of amides is 1. The van der Waals surface area contributed by atoms with E-state index >= 15 is 0 Å². The summed E-state index contributed by atoms with van der Waals surface area (Å²) >= 11 is 0. The molecular formula is C29H25N11O2. The number of phenols is 1. The summed E-state index contributed by atoms with van der Waals surface area (Å²) in [5.74, 6) is 7.20. The van der Waals surface area contributed by atoms with Crippen LogP contribution in [0.15, 0.2) is 67.1 Å². The van der Waals surface area contributed by atoms with Gasteiger partial charge in [0.25, 0.3) is 5.91 Å². The Kier molecular flexibility index (Phi) is 6.20. The minimum atomic E-state index is -0.334. The van der Waals surface area contributed by atoms with E-state index in [2.05, 4.69) is 57.2 Å². The zero-order valence-electron chi connectivity index (χ0n) is 22.3. The fourth-order valence-electron chi connectivity index (χ4n) is 5.47. The summed E-state index contributed by atoms with van der Waals surface area (Å²) in [6.07, 6.45) is 5.99. The van der Waals surface area contributed by atoms with Crippen molar-refractivity contribution in [1.29, 1.82) is 0 Å². The van der Waals surface area contributed by atoms with Gasteiger partial charge >= 0.3 is 0 Å². The summed E-state index contributed by atoms with van der Waals surface area (Å²) in [6.45, 7) is 1.69. The Balaban J connectivity index is 1.00. The number of nitrogens with zero attached hydrogens (tertiary/aromatic N) is 9. The number of anilines is 3. The number of aromatic nitrogens is 7. The summed E-state index contributed by atoms with van der Waals surface area (Å²) < 4.78 is 1.54. The SMILES string of the molecule is Nc1nnc(-c2ccccc2O)cc1N1CC[C@H]2[C@@H]1CN2c1ccnc(C#CCNC(=O)c2cc3ncccn3n2)n1. The quantitative estimate of drug-likeness (QED) is 0.268. The van der Waals surface area contributed by atoms with E-state index in [9.17, 15) is 9.90 Å². The van der Waals surface area contributed by atoms with Crippen molar-refractivity contribution < 1.29 is 9.90 Å². The molecule has 208 valence electrons. The molecule has 2 aliphatic heterocycles. The number of nitrogens with two attached hydrogens (primary N) is 1. The van der Waals surface area contributed by atoms with Gasteiger partial charge in [0.05, 0.1) is 30.0 Å². The largest absolute Gasteiger partial charge is 0.507 e. The summed E-state index contributed by atoms with van der Waals surface area (Å²) in [7, 11) is 0. The van der Waals surface area contributed by atoms with Crippen LogP contribution in [0.2, 0.25) is 0 Å². The number of fused-ring (bicyclic) bond motifs is 2. The highest BCUT2D eigenvalue weighted by atomic mass is 16.3. The number of carbonyl (C=O) groups is 1. The van der Waals surface area contributed by atoms with Crippen LogP contribution in [0.4, 0.5) is 17.3 Å². The van der Waals surface area contributed by atoms with Crippen LogP contribution in [0.5, 0.6) is 5.75 Å². The lowest BCUT2D eigenvalue weighted by molar-refractivity contribution is 0.0953. The molecule has 6 heterocycles. The Hall–Kier alpha value is -5.77. The van der Waals surface area contributed by atoms with E-state index in [-0.39, 0.29) is 36.0 Å². The zero-order valence-corrected chi connectivity index (χ0v) is 22.3. The van der Waals surface area contributed by atoms with Crippen molar-refractivity contribution in [1.82, 2.24) is 40.1 Å². The van der Waals surface area contributed by atoms with E-state index < -0.39 is 0 Å². The van der Waals surface area contributed by atoms with Gasteiger partial charge in [-0.1, -0.05) is 18.1 Å². The monoisotopic (exact) mass is 559 g/mol. The first-order valence-electron chi connectivity index (χ1n) is 13.4. The van der Waals surface area contributed by atoms with Crippen molar-refractivity contribution in [3.8, 4) is 28.8 Å². The van der Waals surface area contributed by atoms with Crippen LogP contribution in [0, 0.1) is 11.8 Å². The molecule has 2 aliphatic rings. The van der Waals surface area contributed by atoms with Gasteiger partial charge in [-0.05, 0) is 42.7 Å². The lowest BCUT2D eigenvalue weighted by atomic mass is 9.97. The van der Waals surface area contributed by atoms with Crippen molar-refractivity contribution in [3.63, 3.8) is 0 Å². The molecule has 4 N–H and O–H groups in total. The smallest absolute Gasteiger partial charge is 0.272 e. The maximum atomic E-state index is 12.4. The Bertz CT molecular complexity index is 1850. The van der Waals surface area contributed by atoms with Crippen molar-refractivity contribution in [3.05, 3.63) is 78.6 Å². The lowest BCUT2D eigenvalue weighted by Crippen LogP contribution is -2.62. The van der Waals surface area contributed by atoms with Crippen LogP contribution in [-0.4, -0.2) is 77.5 Å². The molecule has 0 saturated carbocycles. The third-order valence-electron chi connectivity index (χ3n) is 7.53. The van der Waals surface area contributed by atoms with E-state index in [1.165, 1.54) is 0 Å². The molecule has 5 aromatic rings. The minimum absolute atomic E-state index is 0.126. The van der Waals surface area contributed by atoms with Crippen molar-refractivity contribution in [2.75, 3.05) is 35.2 Å². The topological polar surface area (TPSA) is 164 Å². The second-order valence-electron chi connectivity index (χ2n) is 9.96. The van der Waals surface area contributed by atoms with Crippen LogP contribution in [0.25, 0.3) is 16.9 Å². The first-order valence-corrected chi connectivity index (χ1v) is 13.4. The molecular weight excluding hydrogens is 534 g/mol. The second-order valence-corrected chi connectivity index (χ2v) is 9.96. The summed E-state index contributed by atoms with van der Waals surface area (Å²) in [5.41, 5.74) is 9.11. The average Bonchev–Trinajstić information content (AvgIpc) is 3.57. The van der Waals surface area contributed by atoms with E-state index in [0.717, 1.165) is 31.0 Å². The zero-order chi connectivity index (χ0) is 28.6. The van der Waals surface area contributed by atoms with Crippen LogP contribution in [0.3, 0.4) is 0 Å². The minimum Gasteiger partial charge on any atom is -0.507 e. The number of nitrogens with one attached hydrogen (secondary N) is 1. The number of hydrogen-bond acceptors (Lipinski definition) is 11. The average molecular weight is 560 g/mol. The maximum Gasteiger partial charge on any atom is 0.272 e. The number of hydrogen-bond donors (Lipinski definition) is 3. The van der Waals surface area contributed by atoms with E-state index in [1.54, 1.807) is 53.4 Å². The fraction of sp³-hybridized carbons (Fsp3) is 0.207. The lowest BCUT2D eigenvalue weighted by Gasteiger charge is -2.48. The molecule has 13 nitrogen and oxygen atoms in total. The van der Waals surface area contributed by atoms with Crippen LogP contribution >= 0.6 is 0 Å². The molecule has 42 heavy (non-hydrogen) atoms. The second kappa shape index (κ2) is 10.3. The van der Waals surface area contributed by atoms with Gasteiger partial charge in [0.15, 0.2) is 17.2 Å². The third-order valence-corrected chi connectivity index (χ3v) is 7.53. The highest BCUT2D eigenvalue weighted by molar-refractivity contribution is 5.93. The number of aromatic hydroxyl groups is 1. The molecule has 4 aromatic heterocycles. The molecule has 2 saturated heterocycles. The van der Waals surface area contributed by atoms with E-state index in [1.807, 2.05) is 18.2 Å². The third kappa shape index (κ3) is 4.54. The number of phenolic OH excluding ortho intramolecular Hbond substituents is 1. The molecule has 1 amide bonds. The highest BCUT2D eigenvalue weighted by Gasteiger charge is 2.48. The number of para-hydroxylation sites is 1. The maximum absolute atomic E-state index is 12.4. The highest BCUT2D eigenvalue weighted by Crippen LogP contribution is 2.40. The molecule has 13 heteroatoms. The molecule has 0 spiro atoms. The number of nitrogen functional groups attached to an aromatic ring is 1. The number of carbonyl (C=O) groups excluding carboxylic acids is 1. The number of benzene rings is 1. The normalized spacial score (nSPS) is 17.3. The molecule has 1 aromatic carbocycles. The van der Waals surface area contributed by atoms with Gasteiger partial charge in [-0.3, -0.25) is 4.79 Å². The van der Waals surface area contributed by atoms with Gasteiger partial charge in [-0.15, -0.1) is 10.2 Å². The molecule has 0 radical (unpaired) electrons. The van der Waals surface area contributed by atoms with Crippen molar-refractivity contribution in [2.24, 2.45) is 0 Å². The molecule has 2 atom stereocenters. The first-order chi connectivity index (χ1) is 20.5. The van der Waals surface area contributed by atoms with Gasteiger partial charge in [-0.25, -0.2) is 19.5 Å². The van der Waals surface area contributed by atoms with Gasteiger partial charge in [-0.2, -0.15) is 5.10 Å². The Labute approximate surface area is 240 Å². The van der Waals surface area contributed by atoms with Gasteiger partial charge in [0.2, 0.25) is 5.82 Å². The molecule has 0 bridgehead atoms. The Morgan fingerprint density at radius 1 is 1.07 bits per heavy atom. The van der Waals surface area contributed by atoms with Crippen LogP contribution < -0.4 is 20.9 Å². The number of rotatable bonds is 5. The fourth-order valence-corrected chi connectivity index (χ4v) is 5.47. The Morgan fingerprint density at radius 2 is 1.98 bits per heavy atom. The summed E-state index contributed by atoms with van der Waals surface area (Å²) in [6, 6.07) is 14.7. The van der Waals surface area contributed by atoms with Crippen molar-refractivity contribution in [2.45, 2.75) is 18.5 Å². The van der Waals surface area contributed by atoms with Crippen LogP contribution in [-0.2, 0) is 0 Å². The predicted octanol–water partition coefficient (Wildman–Crippen LogP) is 1.51. The van der Waals surface area contributed by atoms with Crippen molar-refractivity contribution >= 4 is 28.9 Å².